The van der Waals surface area contributed by atoms with Crippen LogP contribution in [0.25, 0.3) is 0 Å². The summed E-state index contributed by atoms with van der Waals surface area (Å²) < 4.78 is 66.3. The third-order valence-electron chi connectivity index (χ3n) is 2.52. The molecule has 2 aromatic rings. The van der Waals surface area contributed by atoms with E-state index in [0.29, 0.717) is 11.3 Å². The predicted molar refractivity (Wildman–Crippen MR) is 89.4 cm³/mol. The van der Waals surface area contributed by atoms with Crippen LogP contribution in [-0.4, -0.2) is 27.4 Å². The minimum absolute atomic E-state index is 0.130. The highest BCUT2D eigenvalue weighted by Crippen LogP contribution is 2.26. The molecule has 0 unspecified atom stereocenters. The molecule has 0 amide bonds. The van der Waals surface area contributed by atoms with E-state index in [1.807, 2.05) is 0 Å². The van der Waals surface area contributed by atoms with Crippen molar-refractivity contribution in [2.45, 2.75) is 35.4 Å². The Bertz CT molecular complexity index is 947. The highest BCUT2D eigenvalue weighted by Gasteiger charge is 2.25. The molecule has 0 saturated heterocycles. The Morgan fingerprint density at radius 3 is 2.38 bits per heavy atom. The van der Waals surface area contributed by atoms with Crippen molar-refractivity contribution in [2.75, 3.05) is 4.72 Å². The van der Waals surface area contributed by atoms with Gasteiger partial charge >= 0.3 is 0 Å². The minimum atomic E-state index is -4.06. The normalized spacial score (nSPS) is 13.0. The maximum absolute atomic E-state index is 13.2. The van der Waals surface area contributed by atoms with Gasteiger partial charge in [0.05, 0.1) is 11.1 Å². The molecular formula is C13H16FN3O4S3. The fraction of sp³-hybridized carbons (Fsp3) is 0.308. The van der Waals surface area contributed by atoms with E-state index in [-0.39, 0.29) is 14.2 Å². The Morgan fingerprint density at radius 2 is 1.79 bits per heavy atom. The number of aromatic nitrogens is 1. The monoisotopic (exact) mass is 393 g/mol. The van der Waals surface area contributed by atoms with Gasteiger partial charge in [-0.15, -0.1) is 0 Å². The summed E-state index contributed by atoms with van der Waals surface area (Å²) in [4.78, 5) is 3.48. The van der Waals surface area contributed by atoms with Gasteiger partial charge < -0.3 is 0 Å². The van der Waals surface area contributed by atoms with Crippen LogP contribution in [0.5, 0.6) is 0 Å². The highest BCUT2D eigenvalue weighted by atomic mass is 32.2. The Morgan fingerprint density at radius 1 is 1.12 bits per heavy atom. The smallest absolute Gasteiger partial charge is 0.255 e. The molecule has 0 aliphatic carbocycles. The predicted octanol–water partition coefficient (Wildman–Crippen LogP) is 2.16. The first kappa shape index (κ1) is 18.8. The van der Waals surface area contributed by atoms with E-state index in [1.165, 1.54) is 12.1 Å². The molecule has 2 rings (SSSR count). The number of anilines is 1. The molecule has 0 atom stereocenters. The largest absolute Gasteiger partial charge is 0.263 e. The van der Waals surface area contributed by atoms with Gasteiger partial charge in [-0.05, 0) is 39.0 Å². The van der Waals surface area contributed by atoms with Crippen LogP contribution in [0.4, 0.5) is 9.52 Å². The van der Waals surface area contributed by atoms with E-state index in [4.69, 9.17) is 0 Å². The molecule has 7 nitrogen and oxygen atoms in total. The molecule has 0 fully saturated rings. The summed E-state index contributed by atoms with van der Waals surface area (Å²) in [5, 5.41) is -0.131. The van der Waals surface area contributed by atoms with E-state index in [9.17, 15) is 21.2 Å². The lowest BCUT2D eigenvalue weighted by Gasteiger charge is -2.19. The number of benzene rings is 1. The molecule has 132 valence electrons. The van der Waals surface area contributed by atoms with Crippen molar-refractivity contribution >= 4 is 36.5 Å². The Labute approximate surface area is 144 Å². The van der Waals surface area contributed by atoms with Gasteiger partial charge in [0.25, 0.3) is 20.0 Å². The zero-order chi connectivity index (χ0) is 18.2. The average Bonchev–Trinajstić information content (AvgIpc) is 2.84. The number of hydrogen-bond acceptors (Lipinski definition) is 6. The van der Waals surface area contributed by atoms with Crippen molar-refractivity contribution in [1.82, 2.24) is 9.71 Å². The van der Waals surface area contributed by atoms with Gasteiger partial charge in [0.2, 0.25) is 0 Å². The molecule has 0 saturated carbocycles. The molecular weight excluding hydrogens is 377 g/mol. The molecule has 1 aromatic carbocycles. The van der Waals surface area contributed by atoms with Crippen LogP contribution in [0.15, 0.2) is 39.6 Å². The molecule has 11 heteroatoms. The lowest BCUT2D eigenvalue weighted by atomic mass is 10.1. The van der Waals surface area contributed by atoms with Gasteiger partial charge in [-0.2, -0.15) is 0 Å². The lowest BCUT2D eigenvalue weighted by molar-refractivity contribution is 0.492. The first-order valence-corrected chi connectivity index (χ1v) is 10.5. The van der Waals surface area contributed by atoms with Crippen LogP contribution in [0, 0.1) is 5.82 Å². The van der Waals surface area contributed by atoms with E-state index in [2.05, 4.69) is 14.4 Å². The van der Waals surface area contributed by atoms with E-state index in [1.54, 1.807) is 20.8 Å². The molecule has 1 heterocycles. The SMILES string of the molecule is CC(C)(C)NS(=O)(=O)c1cnc(NS(=O)(=O)c2cccc(F)c2)s1. The second kappa shape index (κ2) is 6.39. The van der Waals surface area contributed by atoms with Gasteiger partial charge in [-0.3, -0.25) is 4.72 Å². The standard InChI is InChI=1S/C13H16FN3O4S3/c1-13(2,3)17-24(20,21)11-8-15-12(22-11)16-23(18,19)10-6-4-5-9(14)7-10/h4-8,17H,1-3H3,(H,15,16). The van der Waals surface area contributed by atoms with Crippen LogP contribution < -0.4 is 9.44 Å². The average molecular weight is 393 g/mol. The van der Waals surface area contributed by atoms with Crippen molar-refractivity contribution in [3.8, 4) is 0 Å². The zero-order valence-corrected chi connectivity index (χ0v) is 15.5. The summed E-state index contributed by atoms with van der Waals surface area (Å²) in [6, 6.07) is 4.45. The molecule has 0 radical (unpaired) electrons. The number of sulfonamides is 2. The second-order valence-corrected chi connectivity index (χ2v) is 10.5. The third kappa shape index (κ3) is 4.72. The summed E-state index contributed by atoms with van der Waals surface area (Å²) in [7, 11) is -7.87. The summed E-state index contributed by atoms with van der Waals surface area (Å²) in [6.45, 7) is 5.04. The van der Waals surface area contributed by atoms with Crippen molar-refractivity contribution < 1.29 is 21.2 Å². The topological polar surface area (TPSA) is 105 Å². The Kier molecular flexibility index (Phi) is 5.00. The number of thiazole rings is 1. The maximum atomic E-state index is 13.2. The quantitative estimate of drug-likeness (QED) is 0.810. The first-order chi connectivity index (χ1) is 10.9. The Hall–Kier alpha value is -1.56. The van der Waals surface area contributed by atoms with Gasteiger partial charge in [-0.1, -0.05) is 17.4 Å². The molecule has 0 spiro atoms. The van der Waals surface area contributed by atoms with Crippen molar-refractivity contribution in [3.63, 3.8) is 0 Å². The van der Waals surface area contributed by atoms with E-state index in [0.717, 1.165) is 18.3 Å². The number of nitrogens with zero attached hydrogens (tertiary/aromatic N) is 1. The van der Waals surface area contributed by atoms with Gasteiger partial charge in [-0.25, -0.2) is 30.9 Å². The van der Waals surface area contributed by atoms with Crippen LogP contribution >= 0.6 is 11.3 Å². The van der Waals surface area contributed by atoms with Crippen LogP contribution in [0.3, 0.4) is 0 Å². The zero-order valence-electron chi connectivity index (χ0n) is 13.1. The van der Waals surface area contributed by atoms with E-state index >= 15 is 0 Å². The maximum Gasteiger partial charge on any atom is 0.263 e. The lowest BCUT2D eigenvalue weighted by Crippen LogP contribution is -2.40. The number of rotatable bonds is 5. The summed E-state index contributed by atoms with van der Waals surface area (Å²) in [6.07, 6.45) is 1.06. The number of hydrogen-bond donors (Lipinski definition) is 2. The van der Waals surface area contributed by atoms with Gasteiger partial charge in [0, 0.05) is 5.54 Å². The molecule has 24 heavy (non-hydrogen) atoms. The summed E-state index contributed by atoms with van der Waals surface area (Å²) in [5.41, 5.74) is -0.690. The van der Waals surface area contributed by atoms with Crippen molar-refractivity contribution in [1.29, 1.82) is 0 Å². The summed E-state index contributed by atoms with van der Waals surface area (Å²) in [5.74, 6) is -0.699. The molecule has 2 N–H and O–H groups in total. The van der Waals surface area contributed by atoms with Gasteiger partial charge in [0.15, 0.2) is 9.34 Å². The fourth-order valence-electron chi connectivity index (χ4n) is 1.69. The number of nitrogens with one attached hydrogen (secondary N) is 2. The van der Waals surface area contributed by atoms with Crippen LogP contribution in [0.1, 0.15) is 20.8 Å². The molecule has 0 aliphatic heterocycles. The highest BCUT2D eigenvalue weighted by molar-refractivity contribution is 7.93. The van der Waals surface area contributed by atoms with Crippen molar-refractivity contribution in [3.05, 3.63) is 36.3 Å². The molecule has 1 aromatic heterocycles. The van der Waals surface area contributed by atoms with Crippen LogP contribution in [0.2, 0.25) is 0 Å². The van der Waals surface area contributed by atoms with E-state index < -0.39 is 31.4 Å². The Balaban J connectivity index is 2.26. The minimum Gasteiger partial charge on any atom is -0.255 e. The summed E-state index contributed by atoms with van der Waals surface area (Å²) >= 11 is 0.661. The third-order valence-corrected chi connectivity index (χ3v) is 7.12. The first-order valence-electron chi connectivity index (χ1n) is 6.67. The second-order valence-electron chi connectivity index (χ2n) is 5.90. The van der Waals surface area contributed by atoms with Gasteiger partial charge in [0.1, 0.15) is 5.82 Å². The fourth-order valence-corrected chi connectivity index (χ4v) is 5.41. The molecule has 0 bridgehead atoms. The number of halogens is 1. The van der Waals surface area contributed by atoms with Crippen molar-refractivity contribution in [2.24, 2.45) is 0 Å². The van der Waals surface area contributed by atoms with Crippen LogP contribution in [-0.2, 0) is 20.0 Å². The molecule has 0 aliphatic rings.